The highest BCUT2D eigenvalue weighted by Crippen LogP contribution is 2.47. The van der Waals surface area contributed by atoms with E-state index in [1.807, 2.05) is 72.8 Å². The van der Waals surface area contributed by atoms with Gasteiger partial charge in [0.25, 0.3) is 0 Å². The Morgan fingerprint density at radius 2 is 0.900 bits per heavy atom. The molecule has 0 fully saturated rings. The number of ether oxygens (including phenoxy) is 2. The lowest BCUT2D eigenvalue weighted by Gasteiger charge is -2.20. The van der Waals surface area contributed by atoms with Crippen LogP contribution in [0.15, 0.2) is 121 Å². The number of fused-ring (bicyclic) bond motifs is 2. The molecule has 0 bridgehead atoms. The highest BCUT2D eigenvalue weighted by atomic mass is 16.5. The Hall–Kier alpha value is -5.62. The van der Waals surface area contributed by atoms with Crippen molar-refractivity contribution in [3.63, 3.8) is 0 Å². The molecule has 6 heteroatoms. The van der Waals surface area contributed by atoms with Crippen molar-refractivity contribution < 1.29 is 29.3 Å². The average molecular weight is 527 g/mol. The number of benzene rings is 6. The molecule has 0 atom stereocenters. The van der Waals surface area contributed by atoms with Gasteiger partial charge in [0.05, 0.1) is 11.1 Å². The van der Waals surface area contributed by atoms with Crippen LogP contribution < -0.4 is 9.47 Å². The maximum Gasteiger partial charge on any atom is 0.335 e. The Morgan fingerprint density at radius 1 is 0.475 bits per heavy atom. The summed E-state index contributed by atoms with van der Waals surface area (Å²) >= 11 is 0. The van der Waals surface area contributed by atoms with Gasteiger partial charge in [0.2, 0.25) is 0 Å². The molecule has 2 N–H and O–H groups in total. The van der Waals surface area contributed by atoms with Crippen LogP contribution in [-0.4, -0.2) is 22.2 Å². The number of aromatic carboxylic acids is 2. The van der Waals surface area contributed by atoms with Crippen LogP contribution in [0.3, 0.4) is 0 Å². The summed E-state index contributed by atoms with van der Waals surface area (Å²) in [5, 5.41) is 22.8. The van der Waals surface area contributed by atoms with E-state index in [1.165, 1.54) is 24.3 Å². The fourth-order valence-corrected chi connectivity index (χ4v) is 4.83. The molecule has 0 aliphatic heterocycles. The first kappa shape index (κ1) is 24.7. The van der Waals surface area contributed by atoms with E-state index in [9.17, 15) is 19.8 Å². The topological polar surface area (TPSA) is 93.1 Å². The molecule has 6 aromatic carbocycles. The lowest BCUT2D eigenvalue weighted by atomic mass is 9.92. The summed E-state index contributed by atoms with van der Waals surface area (Å²) in [6.45, 7) is 0. The number of carboxylic acids is 2. The third kappa shape index (κ3) is 4.70. The van der Waals surface area contributed by atoms with Crippen molar-refractivity contribution in [1.29, 1.82) is 0 Å². The number of rotatable bonds is 7. The molecule has 0 saturated heterocycles. The van der Waals surface area contributed by atoms with Gasteiger partial charge in [0, 0.05) is 11.1 Å². The molecule has 0 aromatic heterocycles. The third-order valence-electron chi connectivity index (χ3n) is 6.65. The Balaban J connectivity index is 1.61. The second-order valence-corrected chi connectivity index (χ2v) is 9.19. The van der Waals surface area contributed by atoms with Crippen molar-refractivity contribution in [2.45, 2.75) is 0 Å². The molecule has 6 rings (SSSR count). The third-order valence-corrected chi connectivity index (χ3v) is 6.65. The molecule has 194 valence electrons. The maximum absolute atomic E-state index is 11.6. The van der Waals surface area contributed by atoms with Crippen molar-refractivity contribution in [2.24, 2.45) is 0 Å². The molecule has 6 aromatic rings. The predicted octanol–water partition coefficient (Wildman–Crippen LogP) is 8.64. The van der Waals surface area contributed by atoms with E-state index in [4.69, 9.17) is 9.47 Å². The predicted molar refractivity (Wildman–Crippen MR) is 154 cm³/mol. The minimum atomic E-state index is -1.04. The number of carbonyl (C=O) groups is 2. The van der Waals surface area contributed by atoms with Crippen LogP contribution in [0.4, 0.5) is 0 Å². The van der Waals surface area contributed by atoms with Crippen LogP contribution in [-0.2, 0) is 0 Å². The Bertz CT molecular complexity index is 1780. The maximum atomic E-state index is 11.6. The summed E-state index contributed by atoms with van der Waals surface area (Å²) < 4.78 is 12.7. The molecule has 40 heavy (non-hydrogen) atoms. The van der Waals surface area contributed by atoms with E-state index < -0.39 is 11.9 Å². The fourth-order valence-electron chi connectivity index (χ4n) is 4.83. The van der Waals surface area contributed by atoms with Gasteiger partial charge in [0.15, 0.2) is 0 Å². The zero-order valence-electron chi connectivity index (χ0n) is 21.1. The highest BCUT2D eigenvalue weighted by Gasteiger charge is 2.20. The largest absolute Gasteiger partial charge is 0.478 e. The second-order valence-electron chi connectivity index (χ2n) is 9.19. The lowest BCUT2D eigenvalue weighted by molar-refractivity contribution is 0.0686. The van der Waals surface area contributed by atoms with Gasteiger partial charge in [-0.05, 0) is 70.1 Å². The monoisotopic (exact) mass is 526 g/mol. The van der Waals surface area contributed by atoms with Crippen molar-refractivity contribution in [1.82, 2.24) is 0 Å². The highest BCUT2D eigenvalue weighted by molar-refractivity contribution is 6.10. The van der Waals surface area contributed by atoms with Crippen LogP contribution in [0.25, 0.3) is 32.7 Å². The molecule has 0 unspecified atom stereocenters. The molecular formula is C34H22O6. The first-order chi connectivity index (χ1) is 19.5. The molecule has 0 heterocycles. The normalized spacial score (nSPS) is 10.9. The van der Waals surface area contributed by atoms with E-state index in [0.29, 0.717) is 23.0 Å². The molecule has 0 aliphatic rings. The molecule has 0 spiro atoms. The molecule has 0 radical (unpaired) electrons. The van der Waals surface area contributed by atoms with E-state index in [2.05, 4.69) is 0 Å². The Kier molecular flexibility index (Phi) is 6.34. The molecule has 0 amide bonds. The molecule has 0 saturated carbocycles. The summed E-state index contributed by atoms with van der Waals surface area (Å²) in [4.78, 5) is 23.2. The van der Waals surface area contributed by atoms with Crippen molar-refractivity contribution in [3.8, 4) is 34.1 Å². The van der Waals surface area contributed by atoms with Gasteiger partial charge in [0.1, 0.15) is 23.0 Å². The summed E-state index contributed by atoms with van der Waals surface area (Å²) in [5.41, 5.74) is 1.76. The van der Waals surface area contributed by atoms with Gasteiger partial charge in [-0.25, -0.2) is 9.59 Å². The molecule has 0 aliphatic carbocycles. The first-order valence-electron chi connectivity index (χ1n) is 12.5. The Morgan fingerprint density at radius 3 is 1.32 bits per heavy atom. The van der Waals surface area contributed by atoms with Crippen molar-refractivity contribution in [2.75, 3.05) is 0 Å². The van der Waals surface area contributed by atoms with Gasteiger partial charge in [-0.15, -0.1) is 0 Å². The average Bonchev–Trinajstić information content (AvgIpc) is 2.97. The van der Waals surface area contributed by atoms with Gasteiger partial charge < -0.3 is 19.7 Å². The summed E-state index contributed by atoms with van der Waals surface area (Å²) in [6.07, 6.45) is 0. The fraction of sp³-hybridized carbons (Fsp3) is 0. The van der Waals surface area contributed by atoms with Crippen molar-refractivity contribution >= 4 is 33.5 Å². The number of hydrogen-bond acceptors (Lipinski definition) is 4. The van der Waals surface area contributed by atoms with Crippen LogP contribution in [0.5, 0.6) is 23.0 Å². The van der Waals surface area contributed by atoms with E-state index in [1.54, 1.807) is 24.3 Å². The Labute approximate surface area is 229 Å². The van der Waals surface area contributed by atoms with Crippen LogP contribution >= 0.6 is 0 Å². The van der Waals surface area contributed by atoms with Gasteiger partial charge in [-0.2, -0.15) is 0 Å². The lowest BCUT2D eigenvalue weighted by Crippen LogP contribution is -1.98. The zero-order valence-corrected chi connectivity index (χ0v) is 21.1. The zero-order chi connectivity index (χ0) is 27.6. The van der Waals surface area contributed by atoms with Crippen LogP contribution in [0, 0.1) is 0 Å². The van der Waals surface area contributed by atoms with E-state index >= 15 is 0 Å². The minimum Gasteiger partial charge on any atom is -0.478 e. The summed E-state index contributed by atoms with van der Waals surface area (Å²) in [6, 6.07) is 36.2. The molecular weight excluding hydrogens is 504 g/mol. The number of hydrogen-bond donors (Lipinski definition) is 2. The second kappa shape index (κ2) is 10.3. The summed E-state index contributed by atoms with van der Waals surface area (Å²) in [7, 11) is 0. The quantitative estimate of drug-likeness (QED) is 0.216. The van der Waals surface area contributed by atoms with Crippen LogP contribution in [0.2, 0.25) is 0 Å². The smallest absolute Gasteiger partial charge is 0.335 e. The molecule has 6 nitrogen and oxygen atoms in total. The van der Waals surface area contributed by atoms with E-state index in [-0.39, 0.29) is 11.1 Å². The first-order valence-corrected chi connectivity index (χ1v) is 12.5. The van der Waals surface area contributed by atoms with Crippen molar-refractivity contribution in [3.05, 3.63) is 132 Å². The van der Waals surface area contributed by atoms with Crippen LogP contribution in [0.1, 0.15) is 20.7 Å². The minimum absolute atomic E-state index is 0.118. The number of carboxylic acid groups (broad SMARTS) is 2. The van der Waals surface area contributed by atoms with E-state index in [0.717, 1.165) is 32.7 Å². The van der Waals surface area contributed by atoms with Gasteiger partial charge in [-0.1, -0.05) is 72.8 Å². The van der Waals surface area contributed by atoms with Gasteiger partial charge >= 0.3 is 11.9 Å². The van der Waals surface area contributed by atoms with Gasteiger partial charge in [-0.3, -0.25) is 0 Å². The summed E-state index contributed by atoms with van der Waals surface area (Å²) in [5.74, 6) is -0.292. The SMILES string of the molecule is O=C(O)c1cccc(Oc2ccc3ccccc3c2-c2c(Oc3cccc(C(=O)O)c3)ccc3ccccc23)c1. The standard InChI is InChI=1S/C34H22O6/c35-33(36)23-9-5-11-25(19-23)39-29-17-15-21-7-1-3-13-27(21)31(29)32-28-14-4-2-8-22(28)16-18-30(32)40-26-12-6-10-24(20-26)34(37)38/h1-20H,(H,35,36)(H,37,38).